The number of ether oxygens (including phenoxy) is 1. The van der Waals surface area contributed by atoms with Gasteiger partial charge < -0.3 is 4.74 Å². The summed E-state index contributed by atoms with van der Waals surface area (Å²) in [6.45, 7) is 7.73. The van der Waals surface area contributed by atoms with Crippen molar-refractivity contribution in [3.8, 4) is 0 Å². The van der Waals surface area contributed by atoms with Crippen LogP contribution in [0, 0.1) is 0 Å². The summed E-state index contributed by atoms with van der Waals surface area (Å²) in [7, 11) is 0. The van der Waals surface area contributed by atoms with Gasteiger partial charge in [0.05, 0.1) is 12.7 Å². The summed E-state index contributed by atoms with van der Waals surface area (Å²) >= 11 is 0. The number of allylic oxidation sites excluding steroid dienone is 1. The molecule has 12 heavy (non-hydrogen) atoms. The summed E-state index contributed by atoms with van der Waals surface area (Å²) < 4.78 is 5.20. The molecule has 0 spiro atoms. The molecule has 1 aliphatic rings. The number of hydrogen-bond acceptors (Lipinski definition) is 1. The molecule has 0 N–H and O–H groups in total. The van der Waals surface area contributed by atoms with Gasteiger partial charge in [0.25, 0.3) is 0 Å². The Morgan fingerprint density at radius 1 is 1.33 bits per heavy atom. The van der Waals surface area contributed by atoms with Crippen LogP contribution in [0.4, 0.5) is 0 Å². The molecule has 1 aliphatic heterocycles. The van der Waals surface area contributed by atoms with E-state index in [2.05, 4.69) is 20.8 Å². The van der Waals surface area contributed by atoms with Crippen molar-refractivity contribution in [2.24, 2.45) is 0 Å². The monoisotopic (exact) mass is 168 g/mol. The lowest BCUT2D eigenvalue weighted by Crippen LogP contribution is -1.91. The van der Waals surface area contributed by atoms with Crippen LogP contribution in [0.1, 0.15) is 46.5 Å². The van der Waals surface area contributed by atoms with E-state index in [0.29, 0.717) is 6.10 Å². The summed E-state index contributed by atoms with van der Waals surface area (Å²) in [6.07, 6.45) is 5.62. The Balaban J connectivity index is 2.26. The number of hydrogen-bond donors (Lipinski definition) is 0. The van der Waals surface area contributed by atoms with Gasteiger partial charge in [-0.2, -0.15) is 0 Å². The maximum Gasteiger partial charge on any atom is 0.0846 e. The van der Waals surface area contributed by atoms with E-state index in [0.717, 1.165) is 13.0 Å². The van der Waals surface area contributed by atoms with Crippen LogP contribution in [0.15, 0.2) is 11.1 Å². The van der Waals surface area contributed by atoms with Crippen LogP contribution in [0.5, 0.6) is 0 Å². The molecule has 0 aliphatic carbocycles. The second kappa shape index (κ2) is 4.66. The minimum absolute atomic E-state index is 0.557. The van der Waals surface area contributed by atoms with Gasteiger partial charge in [-0.15, -0.1) is 0 Å². The normalized spacial score (nSPS) is 23.8. The molecule has 0 aromatic carbocycles. The van der Waals surface area contributed by atoms with Gasteiger partial charge in [0.1, 0.15) is 0 Å². The van der Waals surface area contributed by atoms with Crippen molar-refractivity contribution in [3.63, 3.8) is 0 Å². The van der Waals surface area contributed by atoms with Gasteiger partial charge in [0.15, 0.2) is 0 Å². The topological polar surface area (TPSA) is 12.5 Å². The fraction of sp³-hybridized carbons (Fsp3) is 0.818. The van der Waals surface area contributed by atoms with Crippen molar-refractivity contribution in [1.82, 2.24) is 0 Å². The van der Waals surface area contributed by atoms with Gasteiger partial charge in [0.2, 0.25) is 0 Å². The first kappa shape index (κ1) is 9.79. The van der Waals surface area contributed by atoms with Gasteiger partial charge in [0, 0.05) is 0 Å². The van der Waals surface area contributed by atoms with Crippen LogP contribution in [-0.2, 0) is 4.74 Å². The second-order valence-corrected chi connectivity index (χ2v) is 3.82. The predicted octanol–water partition coefficient (Wildman–Crippen LogP) is 3.30. The van der Waals surface area contributed by atoms with E-state index in [1.54, 1.807) is 11.1 Å². The predicted molar refractivity (Wildman–Crippen MR) is 52.3 cm³/mol. The highest BCUT2D eigenvalue weighted by Crippen LogP contribution is 2.22. The Morgan fingerprint density at radius 3 is 2.50 bits per heavy atom. The quantitative estimate of drug-likeness (QED) is 0.453. The molecule has 1 heterocycles. The standard InChI is InChI=1S/C11H20O/c1-4-5-6-9(2)10(3)7-11-8-12-11/h11H,4-8H2,1-3H3. The molecule has 1 unspecified atom stereocenters. The summed E-state index contributed by atoms with van der Waals surface area (Å²) in [5, 5.41) is 0. The molecular weight excluding hydrogens is 148 g/mol. The van der Waals surface area contributed by atoms with Crippen molar-refractivity contribution >= 4 is 0 Å². The largest absolute Gasteiger partial charge is 0.373 e. The molecule has 1 fully saturated rings. The highest BCUT2D eigenvalue weighted by Gasteiger charge is 2.22. The first-order valence-corrected chi connectivity index (χ1v) is 5.01. The third-order valence-electron chi connectivity index (χ3n) is 2.57. The molecule has 0 bridgehead atoms. The fourth-order valence-corrected chi connectivity index (χ4v) is 1.36. The lowest BCUT2D eigenvalue weighted by atomic mass is 10.0. The van der Waals surface area contributed by atoms with Gasteiger partial charge in [-0.25, -0.2) is 0 Å². The van der Waals surface area contributed by atoms with E-state index in [1.807, 2.05) is 0 Å². The van der Waals surface area contributed by atoms with E-state index in [1.165, 1.54) is 19.3 Å². The zero-order valence-electron chi connectivity index (χ0n) is 8.52. The number of rotatable bonds is 5. The Kier molecular flexibility index (Phi) is 3.80. The van der Waals surface area contributed by atoms with E-state index < -0.39 is 0 Å². The fourth-order valence-electron chi connectivity index (χ4n) is 1.36. The third kappa shape index (κ3) is 3.40. The molecule has 1 saturated heterocycles. The summed E-state index contributed by atoms with van der Waals surface area (Å²) in [4.78, 5) is 0. The second-order valence-electron chi connectivity index (χ2n) is 3.82. The average Bonchev–Trinajstić information content (AvgIpc) is 2.83. The van der Waals surface area contributed by atoms with Crippen molar-refractivity contribution in [2.75, 3.05) is 6.61 Å². The van der Waals surface area contributed by atoms with Gasteiger partial charge in [-0.3, -0.25) is 0 Å². The van der Waals surface area contributed by atoms with Crippen LogP contribution in [0.25, 0.3) is 0 Å². The lowest BCUT2D eigenvalue weighted by molar-refractivity contribution is 0.406. The van der Waals surface area contributed by atoms with Crippen LogP contribution in [-0.4, -0.2) is 12.7 Å². The van der Waals surface area contributed by atoms with Gasteiger partial charge >= 0.3 is 0 Å². The van der Waals surface area contributed by atoms with E-state index in [4.69, 9.17) is 4.74 Å². The maximum atomic E-state index is 5.20. The Bertz CT molecular complexity index is 166. The molecule has 0 saturated carbocycles. The van der Waals surface area contributed by atoms with Crippen LogP contribution in [0.3, 0.4) is 0 Å². The van der Waals surface area contributed by atoms with E-state index in [9.17, 15) is 0 Å². The van der Waals surface area contributed by atoms with Crippen molar-refractivity contribution in [1.29, 1.82) is 0 Å². The Labute approximate surface area is 75.8 Å². The zero-order valence-corrected chi connectivity index (χ0v) is 8.52. The molecule has 0 aromatic rings. The molecule has 0 aromatic heterocycles. The zero-order chi connectivity index (χ0) is 8.97. The van der Waals surface area contributed by atoms with Gasteiger partial charge in [-0.05, 0) is 33.1 Å². The summed E-state index contributed by atoms with van der Waals surface area (Å²) in [6, 6.07) is 0. The molecule has 1 nitrogen and oxygen atoms in total. The van der Waals surface area contributed by atoms with Crippen molar-refractivity contribution in [3.05, 3.63) is 11.1 Å². The minimum atomic E-state index is 0.557. The SMILES string of the molecule is CCCCC(C)=C(C)CC1CO1. The average molecular weight is 168 g/mol. The summed E-state index contributed by atoms with van der Waals surface area (Å²) in [5.41, 5.74) is 3.12. The first-order valence-electron chi connectivity index (χ1n) is 5.01. The molecular formula is C11H20O. The lowest BCUT2D eigenvalue weighted by Gasteiger charge is -2.05. The molecule has 1 rings (SSSR count). The highest BCUT2D eigenvalue weighted by molar-refractivity contribution is 5.11. The Morgan fingerprint density at radius 2 is 2.00 bits per heavy atom. The van der Waals surface area contributed by atoms with E-state index in [-0.39, 0.29) is 0 Å². The first-order chi connectivity index (χ1) is 5.74. The van der Waals surface area contributed by atoms with Crippen LogP contribution in [0.2, 0.25) is 0 Å². The van der Waals surface area contributed by atoms with Crippen LogP contribution >= 0.6 is 0 Å². The van der Waals surface area contributed by atoms with E-state index >= 15 is 0 Å². The molecule has 1 heteroatoms. The molecule has 70 valence electrons. The van der Waals surface area contributed by atoms with Crippen molar-refractivity contribution in [2.45, 2.75) is 52.6 Å². The molecule has 0 radical (unpaired) electrons. The maximum absolute atomic E-state index is 5.20. The minimum Gasteiger partial charge on any atom is -0.373 e. The van der Waals surface area contributed by atoms with Gasteiger partial charge in [-0.1, -0.05) is 24.5 Å². The molecule has 0 amide bonds. The Hall–Kier alpha value is -0.300. The smallest absolute Gasteiger partial charge is 0.0846 e. The van der Waals surface area contributed by atoms with Crippen LogP contribution < -0.4 is 0 Å². The third-order valence-corrected chi connectivity index (χ3v) is 2.57. The number of epoxide rings is 1. The number of unbranched alkanes of at least 4 members (excludes halogenated alkanes) is 1. The molecule has 1 atom stereocenters. The summed E-state index contributed by atoms with van der Waals surface area (Å²) in [5.74, 6) is 0. The highest BCUT2D eigenvalue weighted by atomic mass is 16.6. The van der Waals surface area contributed by atoms with Crippen molar-refractivity contribution < 1.29 is 4.74 Å².